The highest BCUT2D eigenvalue weighted by molar-refractivity contribution is 5.92. The number of hydrogen-bond donors (Lipinski definition) is 4. The Balaban J connectivity index is 1.91. The van der Waals surface area contributed by atoms with Crippen molar-refractivity contribution in [3.05, 3.63) is 59.7 Å². The van der Waals surface area contributed by atoms with Gasteiger partial charge in [-0.25, -0.2) is 9.79 Å². The van der Waals surface area contributed by atoms with Crippen molar-refractivity contribution in [3.63, 3.8) is 0 Å². The zero-order chi connectivity index (χ0) is 18.9. The molecule has 2 rings (SSSR count). The first-order valence-electron chi connectivity index (χ1n) is 7.80. The van der Waals surface area contributed by atoms with Gasteiger partial charge in [0, 0.05) is 5.69 Å². The van der Waals surface area contributed by atoms with Gasteiger partial charge in [0.2, 0.25) is 5.91 Å². The summed E-state index contributed by atoms with van der Waals surface area (Å²) in [5.74, 6) is -0.780. The molecule has 136 valence electrons. The van der Waals surface area contributed by atoms with Crippen LogP contribution in [0.1, 0.15) is 11.1 Å². The molecule has 0 aliphatic heterocycles. The van der Waals surface area contributed by atoms with Crippen molar-refractivity contribution in [2.45, 2.75) is 13.0 Å². The van der Waals surface area contributed by atoms with Crippen molar-refractivity contribution in [1.29, 1.82) is 0 Å². The van der Waals surface area contributed by atoms with Gasteiger partial charge in [-0.1, -0.05) is 24.3 Å². The standard InChI is InChI=1S/C18H20N4O4/c19-18(20)21-10-13-2-1-3-14(8-13)22-16(23)9-12-4-6-15(7-5-12)26-11-17(24)25/h1-8H,9-11H2,(H,22,23)(H,24,25)(H4,19,20,21). The van der Waals surface area contributed by atoms with Gasteiger partial charge in [0.05, 0.1) is 13.0 Å². The molecule has 0 bridgehead atoms. The van der Waals surface area contributed by atoms with Crippen molar-refractivity contribution in [2.75, 3.05) is 11.9 Å². The number of guanidine groups is 1. The lowest BCUT2D eigenvalue weighted by atomic mass is 10.1. The number of rotatable bonds is 8. The molecule has 0 fully saturated rings. The topological polar surface area (TPSA) is 140 Å². The predicted molar refractivity (Wildman–Crippen MR) is 97.9 cm³/mol. The maximum Gasteiger partial charge on any atom is 0.341 e. The van der Waals surface area contributed by atoms with Crippen LogP contribution in [0.4, 0.5) is 5.69 Å². The molecule has 2 aromatic rings. The molecule has 0 heterocycles. The van der Waals surface area contributed by atoms with E-state index in [0.717, 1.165) is 11.1 Å². The molecule has 0 aliphatic rings. The summed E-state index contributed by atoms with van der Waals surface area (Å²) in [6, 6.07) is 13.9. The Labute approximate surface area is 150 Å². The van der Waals surface area contributed by atoms with Crippen molar-refractivity contribution in [1.82, 2.24) is 0 Å². The Kier molecular flexibility index (Phi) is 6.55. The summed E-state index contributed by atoms with van der Waals surface area (Å²) in [5.41, 5.74) is 12.9. The van der Waals surface area contributed by atoms with Crippen molar-refractivity contribution < 1.29 is 19.4 Å². The second-order valence-corrected chi connectivity index (χ2v) is 5.49. The number of carboxylic acid groups (broad SMARTS) is 1. The van der Waals surface area contributed by atoms with Crippen molar-refractivity contribution in [3.8, 4) is 5.75 Å². The van der Waals surface area contributed by atoms with Crippen LogP contribution in [-0.4, -0.2) is 29.5 Å². The lowest BCUT2D eigenvalue weighted by molar-refractivity contribution is -0.139. The average molecular weight is 356 g/mol. The summed E-state index contributed by atoms with van der Waals surface area (Å²) in [6.45, 7) is -0.0696. The van der Waals surface area contributed by atoms with E-state index < -0.39 is 12.6 Å². The van der Waals surface area contributed by atoms with Gasteiger partial charge in [-0.2, -0.15) is 0 Å². The molecule has 0 aromatic heterocycles. The molecule has 2 aromatic carbocycles. The van der Waals surface area contributed by atoms with E-state index in [9.17, 15) is 9.59 Å². The van der Waals surface area contributed by atoms with Crippen LogP contribution in [0.5, 0.6) is 5.75 Å². The number of nitrogens with two attached hydrogens (primary N) is 2. The Hall–Kier alpha value is -3.55. The SMILES string of the molecule is NC(N)=NCc1cccc(NC(=O)Cc2ccc(OCC(=O)O)cc2)c1. The van der Waals surface area contributed by atoms with E-state index in [0.29, 0.717) is 18.0 Å². The van der Waals surface area contributed by atoms with Crippen LogP contribution in [-0.2, 0) is 22.6 Å². The molecule has 8 heteroatoms. The molecule has 8 nitrogen and oxygen atoms in total. The van der Waals surface area contributed by atoms with E-state index in [4.69, 9.17) is 21.3 Å². The van der Waals surface area contributed by atoms with Crippen LogP contribution in [0, 0.1) is 0 Å². The molecule has 0 unspecified atom stereocenters. The summed E-state index contributed by atoms with van der Waals surface area (Å²) in [5, 5.41) is 11.4. The van der Waals surface area contributed by atoms with Crippen LogP contribution in [0.3, 0.4) is 0 Å². The van der Waals surface area contributed by atoms with Crippen LogP contribution in [0.25, 0.3) is 0 Å². The molecule has 0 aliphatic carbocycles. The van der Waals surface area contributed by atoms with E-state index in [1.165, 1.54) is 0 Å². The Morgan fingerprint density at radius 2 is 1.81 bits per heavy atom. The second-order valence-electron chi connectivity index (χ2n) is 5.49. The highest BCUT2D eigenvalue weighted by atomic mass is 16.5. The summed E-state index contributed by atoms with van der Waals surface area (Å²) < 4.78 is 5.05. The molecule has 0 saturated carbocycles. The minimum Gasteiger partial charge on any atom is -0.482 e. The van der Waals surface area contributed by atoms with Gasteiger partial charge in [-0.05, 0) is 35.4 Å². The van der Waals surface area contributed by atoms with E-state index in [2.05, 4.69) is 10.3 Å². The highest BCUT2D eigenvalue weighted by Gasteiger charge is 2.06. The number of carbonyl (C=O) groups is 2. The average Bonchev–Trinajstić information content (AvgIpc) is 2.59. The highest BCUT2D eigenvalue weighted by Crippen LogP contribution is 2.15. The zero-order valence-corrected chi connectivity index (χ0v) is 14.0. The first kappa shape index (κ1) is 18.8. The van der Waals surface area contributed by atoms with Gasteiger partial charge in [0.25, 0.3) is 0 Å². The number of aliphatic imine (C=N–C) groups is 1. The van der Waals surface area contributed by atoms with Crippen molar-refractivity contribution >= 4 is 23.5 Å². The number of anilines is 1. The molecule has 0 saturated heterocycles. The molecule has 6 N–H and O–H groups in total. The minimum atomic E-state index is -1.05. The third kappa shape index (κ3) is 6.52. The van der Waals surface area contributed by atoms with Gasteiger partial charge >= 0.3 is 5.97 Å². The predicted octanol–water partition coefficient (Wildman–Crippen LogP) is 1.10. The molecule has 0 radical (unpaired) electrons. The van der Waals surface area contributed by atoms with Crippen molar-refractivity contribution in [2.24, 2.45) is 16.5 Å². The van der Waals surface area contributed by atoms with E-state index in [-0.39, 0.29) is 18.3 Å². The third-order valence-corrected chi connectivity index (χ3v) is 3.31. The van der Waals surface area contributed by atoms with E-state index >= 15 is 0 Å². The minimum absolute atomic E-state index is 0.00946. The Morgan fingerprint density at radius 1 is 1.08 bits per heavy atom. The van der Waals surface area contributed by atoms with Gasteiger partial charge in [0.15, 0.2) is 12.6 Å². The number of nitrogens with zero attached hydrogens (tertiary/aromatic N) is 1. The molecular formula is C18H20N4O4. The van der Waals surface area contributed by atoms with E-state index in [1.54, 1.807) is 36.4 Å². The zero-order valence-electron chi connectivity index (χ0n) is 14.0. The number of ether oxygens (including phenoxy) is 1. The number of aliphatic carboxylic acids is 1. The maximum absolute atomic E-state index is 12.2. The summed E-state index contributed by atoms with van der Waals surface area (Å²) in [7, 11) is 0. The summed E-state index contributed by atoms with van der Waals surface area (Å²) in [6.07, 6.45) is 0.178. The van der Waals surface area contributed by atoms with Gasteiger partial charge < -0.3 is 26.6 Å². The molecule has 26 heavy (non-hydrogen) atoms. The van der Waals surface area contributed by atoms with Gasteiger partial charge in [-0.3, -0.25) is 4.79 Å². The molecular weight excluding hydrogens is 336 g/mol. The van der Waals surface area contributed by atoms with Gasteiger partial charge in [-0.15, -0.1) is 0 Å². The van der Waals surface area contributed by atoms with Gasteiger partial charge in [0.1, 0.15) is 5.75 Å². The van der Waals surface area contributed by atoms with Crippen LogP contribution < -0.4 is 21.5 Å². The fourth-order valence-electron chi connectivity index (χ4n) is 2.17. The fraction of sp³-hybridized carbons (Fsp3) is 0.167. The quantitative estimate of drug-likeness (QED) is 0.412. The number of benzene rings is 2. The summed E-state index contributed by atoms with van der Waals surface area (Å²) >= 11 is 0. The molecule has 1 amide bonds. The second kappa shape index (κ2) is 9.07. The number of amides is 1. The molecule has 0 atom stereocenters. The van der Waals surface area contributed by atoms with E-state index in [1.807, 2.05) is 12.1 Å². The number of nitrogens with one attached hydrogen (secondary N) is 1. The van der Waals surface area contributed by atoms with Crippen LogP contribution >= 0.6 is 0 Å². The normalized spacial score (nSPS) is 10.0. The van der Waals surface area contributed by atoms with Crippen LogP contribution in [0.2, 0.25) is 0 Å². The summed E-state index contributed by atoms with van der Waals surface area (Å²) in [4.78, 5) is 26.6. The Bertz CT molecular complexity index is 799. The smallest absolute Gasteiger partial charge is 0.341 e. The third-order valence-electron chi connectivity index (χ3n) is 3.31. The fourth-order valence-corrected chi connectivity index (χ4v) is 2.17. The molecule has 0 spiro atoms. The number of carbonyl (C=O) groups excluding carboxylic acids is 1. The number of hydrogen-bond acceptors (Lipinski definition) is 4. The first-order valence-corrected chi connectivity index (χ1v) is 7.80. The first-order chi connectivity index (χ1) is 12.4. The number of carboxylic acids is 1. The monoisotopic (exact) mass is 356 g/mol. The largest absolute Gasteiger partial charge is 0.482 e. The lowest BCUT2D eigenvalue weighted by Gasteiger charge is -2.08. The maximum atomic E-state index is 12.2. The lowest BCUT2D eigenvalue weighted by Crippen LogP contribution is -2.22. The Morgan fingerprint density at radius 3 is 2.46 bits per heavy atom. The van der Waals surface area contributed by atoms with Crippen LogP contribution in [0.15, 0.2) is 53.5 Å².